The summed E-state index contributed by atoms with van der Waals surface area (Å²) in [5.41, 5.74) is 2.60. The zero-order valence-electron chi connectivity index (χ0n) is 9.73. The van der Waals surface area contributed by atoms with Crippen LogP contribution in [0.2, 0.25) is 0 Å². The molecule has 1 aromatic heterocycles. The van der Waals surface area contributed by atoms with Crippen molar-refractivity contribution in [2.75, 3.05) is 13.6 Å². The van der Waals surface area contributed by atoms with Gasteiger partial charge in [-0.2, -0.15) is 0 Å². The van der Waals surface area contributed by atoms with E-state index >= 15 is 0 Å². The highest BCUT2D eigenvalue weighted by Gasteiger charge is 2.12. The van der Waals surface area contributed by atoms with E-state index in [1.165, 1.54) is 11.1 Å². The van der Waals surface area contributed by atoms with Gasteiger partial charge in [0.2, 0.25) is 0 Å². The van der Waals surface area contributed by atoms with Crippen molar-refractivity contribution >= 4 is 15.9 Å². The number of nitrogens with one attached hydrogen (secondary N) is 1. The lowest BCUT2D eigenvalue weighted by molar-refractivity contribution is 0.707. The van der Waals surface area contributed by atoms with Gasteiger partial charge >= 0.3 is 0 Å². The molecular formula is C14H15BrN2. The molecule has 0 bridgehead atoms. The fourth-order valence-electron chi connectivity index (χ4n) is 1.92. The minimum atomic E-state index is 0.371. The van der Waals surface area contributed by atoms with E-state index in [-0.39, 0.29) is 0 Å². The second kappa shape index (κ2) is 5.94. The fourth-order valence-corrected chi connectivity index (χ4v) is 2.19. The van der Waals surface area contributed by atoms with Gasteiger partial charge in [0.05, 0.1) is 0 Å². The van der Waals surface area contributed by atoms with Gasteiger partial charge in [0.15, 0.2) is 0 Å². The van der Waals surface area contributed by atoms with Crippen LogP contribution in [0.5, 0.6) is 0 Å². The van der Waals surface area contributed by atoms with Crippen LogP contribution in [0, 0.1) is 0 Å². The SMILES string of the molecule is CNCC(c1ccncc1)c1ccc(Br)cc1. The van der Waals surface area contributed by atoms with Gasteiger partial charge in [-0.25, -0.2) is 0 Å². The highest BCUT2D eigenvalue weighted by Crippen LogP contribution is 2.24. The molecular weight excluding hydrogens is 276 g/mol. The molecule has 1 atom stereocenters. The van der Waals surface area contributed by atoms with E-state index in [1.54, 1.807) is 0 Å². The zero-order valence-corrected chi connectivity index (χ0v) is 11.3. The van der Waals surface area contributed by atoms with Gasteiger partial charge in [-0.15, -0.1) is 0 Å². The Kier molecular flexibility index (Phi) is 4.29. The normalized spacial score (nSPS) is 12.4. The number of hydrogen-bond donors (Lipinski definition) is 1. The monoisotopic (exact) mass is 290 g/mol. The van der Waals surface area contributed by atoms with Gasteiger partial charge < -0.3 is 5.32 Å². The number of rotatable bonds is 4. The third-order valence-electron chi connectivity index (χ3n) is 2.79. The Morgan fingerprint density at radius 3 is 2.24 bits per heavy atom. The van der Waals surface area contributed by atoms with Gasteiger partial charge in [0, 0.05) is 29.3 Å². The lowest BCUT2D eigenvalue weighted by Crippen LogP contribution is -2.18. The molecule has 0 saturated carbocycles. The first kappa shape index (κ1) is 12.3. The molecule has 2 nitrogen and oxygen atoms in total. The Morgan fingerprint density at radius 2 is 1.65 bits per heavy atom. The molecule has 2 aromatic rings. The molecule has 88 valence electrons. The van der Waals surface area contributed by atoms with E-state index in [0.29, 0.717) is 5.92 Å². The standard InChI is InChI=1S/C14H15BrN2/c1-16-10-14(12-6-8-17-9-7-12)11-2-4-13(15)5-3-11/h2-9,14,16H,10H2,1H3. The van der Waals surface area contributed by atoms with Gasteiger partial charge in [0.1, 0.15) is 0 Å². The summed E-state index contributed by atoms with van der Waals surface area (Å²) in [6.45, 7) is 0.922. The maximum absolute atomic E-state index is 4.07. The van der Waals surface area contributed by atoms with Gasteiger partial charge in [-0.1, -0.05) is 28.1 Å². The molecule has 2 rings (SSSR count). The lowest BCUT2D eigenvalue weighted by atomic mass is 9.92. The Balaban J connectivity index is 2.32. The molecule has 17 heavy (non-hydrogen) atoms. The van der Waals surface area contributed by atoms with Crippen LogP contribution in [0.25, 0.3) is 0 Å². The van der Waals surface area contributed by atoms with Gasteiger partial charge in [-0.3, -0.25) is 4.98 Å². The molecule has 0 aliphatic rings. The maximum Gasteiger partial charge on any atom is 0.0270 e. The Morgan fingerprint density at radius 1 is 1.06 bits per heavy atom. The summed E-state index contributed by atoms with van der Waals surface area (Å²) < 4.78 is 1.11. The van der Waals surface area contributed by atoms with Crippen molar-refractivity contribution in [3.05, 3.63) is 64.4 Å². The number of halogens is 1. The van der Waals surface area contributed by atoms with Crippen LogP contribution in [-0.4, -0.2) is 18.6 Å². The molecule has 0 spiro atoms. The summed E-state index contributed by atoms with van der Waals surface area (Å²) in [5.74, 6) is 0.371. The van der Waals surface area contributed by atoms with Crippen LogP contribution in [0.4, 0.5) is 0 Å². The molecule has 0 radical (unpaired) electrons. The van der Waals surface area contributed by atoms with E-state index in [9.17, 15) is 0 Å². The van der Waals surface area contributed by atoms with Crippen molar-refractivity contribution in [2.45, 2.75) is 5.92 Å². The van der Waals surface area contributed by atoms with E-state index < -0.39 is 0 Å². The van der Waals surface area contributed by atoms with Gasteiger partial charge in [-0.05, 0) is 42.4 Å². The van der Waals surface area contributed by atoms with Crippen LogP contribution in [0.1, 0.15) is 17.0 Å². The summed E-state index contributed by atoms with van der Waals surface area (Å²) in [4.78, 5) is 4.07. The smallest absolute Gasteiger partial charge is 0.0270 e. The summed E-state index contributed by atoms with van der Waals surface area (Å²) in [6, 6.07) is 12.6. The largest absolute Gasteiger partial charge is 0.319 e. The minimum absolute atomic E-state index is 0.371. The van der Waals surface area contributed by atoms with Crippen molar-refractivity contribution in [2.24, 2.45) is 0 Å². The van der Waals surface area contributed by atoms with E-state index in [1.807, 2.05) is 19.4 Å². The molecule has 1 unspecified atom stereocenters. The summed E-state index contributed by atoms with van der Waals surface area (Å²) in [5, 5.41) is 3.25. The minimum Gasteiger partial charge on any atom is -0.319 e. The number of pyridine rings is 1. The molecule has 0 amide bonds. The maximum atomic E-state index is 4.07. The third kappa shape index (κ3) is 3.14. The van der Waals surface area contributed by atoms with Crippen LogP contribution >= 0.6 is 15.9 Å². The first-order valence-electron chi connectivity index (χ1n) is 5.61. The van der Waals surface area contributed by atoms with Crippen LogP contribution < -0.4 is 5.32 Å². The molecule has 0 aliphatic heterocycles. The summed E-state index contributed by atoms with van der Waals surface area (Å²) >= 11 is 3.46. The van der Waals surface area contributed by atoms with Crippen molar-refractivity contribution in [3.63, 3.8) is 0 Å². The van der Waals surface area contributed by atoms with E-state index in [2.05, 4.69) is 62.6 Å². The molecule has 1 heterocycles. The van der Waals surface area contributed by atoms with E-state index in [0.717, 1.165) is 11.0 Å². The third-order valence-corrected chi connectivity index (χ3v) is 3.32. The molecule has 1 aromatic carbocycles. The lowest BCUT2D eigenvalue weighted by Gasteiger charge is -2.17. The van der Waals surface area contributed by atoms with Crippen LogP contribution in [0.15, 0.2) is 53.3 Å². The Bertz CT molecular complexity index is 453. The zero-order chi connectivity index (χ0) is 12.1. The van der Waals surface area contributed by atoms with Crippen molar-refractivity contribution < 1.29 is 0 Å². The highest BCUT2D eigenvalue weighted by molar-refractivity contribution is 9.10. The van der Waals surface area contributed by atoms with Crippen molar-refractivity contribution in [1.82, 2.24) is 10.3 Å². The summed E-state index contributed by atoms with van der Waals surface area (Å²) in [6.07, 6.45) is 3.69. The van der Waals surface area contributed by atoms with Crippen molar-refractivity contribution in [1.29, 1.82) is 0 Å². The average molecular weight is 291 g/mol. The topological polar surface area (TPSA) is 24.9 Å². The molecule has 3 heteroatoms. The highest BCUT2D eigenvalue weighted by atomic mass is 79.9. The van der Waals surface area contributed by atoms with Crippen LogP contribution in [0.3, 0.4) is 0 Å². The Labute approximate surface area is 110 Å². The fraction of sp³-hybridized carbons (Fsp3) is 0.214. The van der Waals surface area contributed by atoms with E-state index in [4.69, 9.17) is 0 Å². The number of benzene rings is 1. The first-order valence-corrected chi connectivity index (χ1v) is 6.40. The van der Waals surface area contributed by atoms with Crippen LogP contribution in [-0.2, 0) is 0 Å². The first-order chi connectivity index (χ1) is 8.31. The number of likely N-dealkylation sites (N-methyl/N-ethyl adjacent to an activating group) is 1. The molecule has 0 aliphatic carbocycles. The molecule has 1 N–H and O–H groups in total. The second-order valence-electron chi connectivity index (χ2n) is 3.94. The van der Waals surface area contributed by atoms with Gasteiger partial charge in [0.25, 0.3) is 0 Å². The predicted octanol–water partition coefficient (Wildman–Crippen LogP) is 3.20. The number of nitrogens with zero attached hydrogens (tertiary/aromatic N) is 1. The quantitative estimate of drug-likeness (QED) is 0.935. The number of aromatic nitrogens is 1. The predicted molar refractivity (Wildman–Crippen MR) is 74.1 cm³/mol. The average Bonchev–Trinajstić information content (AvgIpc) is 2.38. The van der Waals surface area contributed by atoms with Crippen molar-refractivity contribution in [3.8, 4) is 0 Å². The number of hydrogen-bond acceptors (Lipinski definition) is 2. The second-order valence-corrected chi connectivity index (χ2v) is 4.86. The summed E-state index contributed by atoms with van der Waals surface area (Å²) in [7, 11) is 1.98. The molecule has 0 fully saturated rings. The molecule has 0 saturated heterocycles. The Hall–Kier alpha value is -1.19.